The molecular weight excluding hydrogens is 242 g/mol. The second kappa shape index (κ2) is 4.85. The standard InChI is InChI=1S/C15H19NO3/c1-19-14-5-4-11(6-10(14)8-17)16-15(18)13-7-12(13)9-2-3-9/h4-6,9,12-13,17H,2-3,7-8H2,1H3,(H,16,18). The van der Waals surface area contributed by atoms with Crippen LogP contribution < -0.4 is 10.1 Å². The van der Waals surface area contributed by atoms with Gasteiger partial charge in [-0.15, -0.1) is 0 Å². The van der Waals surface area contributed by atoms with Crippen LogP contribution in [0.5, 0.6) is 5.75 Å². The average molecular weight is 261 g/mol. The normalized spacial score (nSPS) is 24.9. The highest BCUT2D eigenvalue weighted by Crippen LogP contribution is 2.54. The van der Waals surface area contributed by atoms with Gasteiger partial charge in [0.15, 0.2) is 0 Å². The van der Waals surface area contributed by atoms with Crippen molar-refractivity contribution in [2.45, 2.75) is 25.9 Å². The van der Waals surface area contributed by atoms with Gasteiger partial charge in [-0.05, 0) is 49.3 Å². The molecule has 0 saturated heterocycles. The summed E-state index contributed by atoms with van der Waals surface area (Å²) in [5, 5.41) is 12.2. The number of carbonyl (C=O) groups excluding carboxylic acids is 1. The van der Waals surface area contributed by atoms with Gasteiger partial charge in [0.1, 0.15) is 5.75 Å². The van der Waals surface area contributed by atoms with Crippen molar-refractivity contribution >= 4 is 11.6 Å². The summed E-state index contributed by atoms with van der Waals surface area (Å²) in [5.74, 6) is 2.39. The molecule has 2 N–H and O–H groups in total. The zero-order valence-electron chi connectivity index (χ0n) is 11.1. The monoisotopic (exact) mass is 261 g/mol. The van der Waals surface area contributed by atoms with Crippen LogP contribution in [0, 0.1) is 17.8 Å². The zero-order valence-corrected chi connectivity index (χ0v) is 11.1. The van der Waals surface area contributed by atoms with Crippen LogP contribution in [0.25, 0.3) is 0 Å². The Morgan fingerprint density at radius 3 is 2.89 bits per heavy atom. The summed E-state index contributed by atoms with van der Waals surface area (Å²) < 4.78 is 5.14. The number of carbonyl (C=O) groups is 1. The highest BCUT2D eigenvalue weighted by Gasteiger charge is 2.51. The van der Waals surface area contributed by atoms with Gasteiger partial charge in [-0.25, -0.2) is 0 Å². The first-order chi connectivity index (χ1) is 9.22. The van der Waals surface area contributed by atoms with E-state index in [1.165, 1.54) is 12.8 Å². The fraction of sp³-hybridized carbons (Fsp3) is 0.533. The lowest BCUT2D eigenvalue weighted by atomic mass is 10.1. The molecule has 2 aliphatic rings. The van der Waals surface area contributed by atoms with E-state index < -0.39 is 0 Å². The molecule has 0 aromatic heterocycles. The molecule has 19 heavy (non-hydrogen) atoms. The van der Waals surface area contributed by atoms with Gasteiger partial charge in [-0.2, -0.15) is 0 Å². The number of nitrogens with one attached hydrogen (secondary N) is 1. The summed E-state index contributed by atoms with van der Waals surface area (Å²) in [6, 6.07) is 5.35. The molecule has 1 aromatic carbocycles. The summed E-state index contributed by atoms with van der Waals surface area (Å²) in [4.78, 5) is 12.1. The van der Waals surface area contributed by atoms with Crippen molar-refractivity contribution in [3.05, 3.63) is 23.8 Å². The Morgan fingerprint density at radius 2 is 2.26 bits per heavy atom. The van der Waals surface area contributed by atoms with E-state index in [2.05, 4.69) is 5.32 Å². The van der Waals surface area contributed by atoms with Crippen LogP contribution in [0.2, 0.25) is 0 Å². The van der Waals surface area contributed by atoms with Crippen molar-refractivity contribution in [3.8, 4) is 5.75 Å². The maximum absolute atomic E-state index is 12.1. The second-order valence-corrected chi connectivity index (χ2v) is 5.52. The minimum atomic E-state index is -0.0962. The average Bonchev–Trinajstić information content (AvgIpc) is 3.29. The SMILES string of the molecule is COc1ccc(NC(=O)C2CC2C2CC2)cc1CO. The lowest BCUT2D eigenvalue weighted by Gasteiger charge is -2.10. The van der Waals surface area contributed by atoms with E-state index in [9.17, 15) is 9.90 Å². The fourth-order valence-corrected chi connectivity index (χ4v) is 2.78. The van der Waals surface area contributed by atoms with E-state index in [0.717, 1.165) is 18.0 Å². The number of aliphatic hydroxyl groups excluding tert-OH is 1. The number of aliphatic hydroxyl groups is 1. The van der Waals surface area contributed by atoms with Crippen LogP contribution in [0.3, 0.4) is 0 Å². The fourth-order valence-electron chi connectivity index (χ4n) is 2.78. The van der Waals surface area contributed by atoms with E-state index in [0.29, 0.717) is 17.2 Å². The van der Waals surface area contributed by atoms with E-state index in [4.69, 9.17) is 4.74 Å². The number of amides is 1. The highest BCUT2D eigenvalue weighted by atomic mass is 16.5. The van der Waals surface area contributed by atoms with Gasteiger partial charge in [-0.3, -0.25) is 4.79 Å². The lowest BCUT2D eigenvalue weighted by Crippen LogP contribution is -2.15. The van der Waals surface area contributed by atoms with Crippen molar-refractivity contribution in [1.82, 2.24) is 0 Å². The van der Waals surface area contributed by atoms with Gasteiger partial charge >= 0.3 is 0 Å². The zero-order chi connectivity index (χ0) is 13.4. The highest BCUT2D eigenvalue weighted by molar-refractivity contribution is 5.94. The molecule has 4 nitrogen and oxygen atoms in total. The van der Waals surface area contributed by atoms with Gasteiger partial charge in [0.25, 0.3) is 0 Å². The quantitative estimate of drug-likeness (QED) is 0.854. The van der Waals surface area contributed by atoms with E-state index in [-0.39, 0.29) is 18.4 Å². The Kier molecular flexibility index (Phi) is 3.19. The van der Waals surface area contributed by atoms with Crippen LogP contribution >= 0.6 is 0 Å². The molecule has 0 spiro atoms. The number of ether oxygens (including phenoxy) is 1. The molecule has 1 aromatic rings. The summed E-state index contributed by atoms with van der Waals surface area (Å²) >= 11 is 0. The molecule has 2 aliphatic carbocycles. The topological polar surface area (TPSA) is 58.6 Å². The third kappa shape index (κ3) is 2.59. The third-order valence-electron chi connectivity index (χ3n) is 4.12. The van der Waals surface area contributed by atoms with Gasteiger partial charge in [0.2, 0.25) is 5.91 Å². The van der Waals surface area contributed by atoms with Crippen LogP contribution in [-0.2, 0) is 11.4 Å². The minimum Gasteiger partial charge on any atom is -0.496 e. The number of benzene rings is 1. The van der Waals surface area contributed by atoms with Crippen LogP contribution in [0.1, 0.15) is 24.8 Å². The van der Waals surface area contributed by atoms with Crippen molar-refractivity contribution in [1.29, 1.82) is 0 Å². The predicted molar refractivity (Wildman–Crippen MR) is 71.9 cm³/mol. The molecule has 2 atom stereocenters. The number of methoxy groups -OCH3 is 1. The van der Waals surface area contributed by atoms with E-state index in [1.54, 1.807) is 19.2 Å². The Labute approximate surface area is 112 Å². The second-order valence-electron chi connectivity index (χ2n) is 5.52. The number of hydrogen-bond acceptors (Lipinski definition) is 3. The third-order valence-corrected chi connectivity index (χ3v) is 4.12. The summed E-state index contributed by atoms with van der Waals surface area (Å²) in [6.45, 7) is -0.0962. The molecule has 0 aliphatic heterocycles. The molecule has 102 valence electrons. The smallest absolute Gasteiger partial charge is 0.227 e. The Balaban J connectivity index is 1.64. The lowest BCUT2D eigenvalue weighted by molar-refractivity contribution is -0.117. The molecule has 0 radical (unpaired) electrons. The number of anilines is 1. The van der Waals surface area contributed by atoms with E-state index in [1.807, 2.05) is 6.07 Å². The van der Waals surface area contributed by atoms with Crippen molar-refractivity contribution in [2.24, 2.45) is 17.8 Å². The Bertz CT molecular complexity index is 496. The summed E-state index contributed by atoms with van der Waals surface area (Å²) in [5.41, 5.74) is 1.42. The Hall–Kier alpha value is -1.55. The van der Waals surface area contributed by atoms with Crippen LogP contribution in [0.15, 0.2) is 18.2 Å². The first kappa shape index (κ1) is 12.5. The van der Waals surface area contributed by atoms with Crippen LogP contribution in [-0.4, -0.2) is 18.1 Å². The van der Waals surface area contributed by atoms with Crippen molar-refractivity contribution < 1.29 is 14.6 Å². The van der Waals surface area contributed by atoms with Gasteiger partial charge in [0, 0.05) is 17.2 Å². The molecule has 2 unspecified atom stereocenters. The summed E-state index contributed by atoms with van der Waals surface area (Å²) in [6.07, 6.45) is 3.64. The molecule has 3 rings (SSSR count). The maximum Gasteiger partial charge on any atom is 0.227 e. The first-order valence-electron chi connectivity index (χ1n) is 6.81. The van der Waals surface area contributed by atoms with Crippen molar-refractivity contribution in [3.63, 3.8) is 0 Å². The number of hydrogen-bond donors (Lipinski definition) is 2. The largest absolute Gasteiger partial charge is 0.496 e. The van der Waals surface area contributed by atoms with Crippen LogP contribution in [0.4, 0.5) is 5.69 Å². The maximum atomic E-state index is 12.1. The molecule has 1 amide bonds. The molecule has 2 fully saturated rings. The first-order valence-corrected chi connectivity index (χ1v) is 6.81. The number of rotatable bonds is 5. The molecule has 4 heteroatoms. The van der Waals surface area contributed by atoms with Gasteiger partial charge in [0.05, 0.1) is 13.7 Å². The Morgan fingerprint density at radius 1 is 1.47 bits per heavy atom. The van der Waals surface area contributed by atoms with Gasteiger partial charge in [-0.1, -0.05) is 0 Å². The van der Waals surface area contributed by atoms with Crippen molar-refractivity contribution in [2.75, 3.05) is 12.4 Å². The molecule has 2 saturated carbocycles. The summed E-state index contributed by atoms with van der Waals surface area (Å²) in [7, 11) is 1.57. The van der Waals surface area contributed by atoms with Gasteiger partial charge < -0.3 is 15.2 Å². The van der Waals surface area contributed by atoms with E-state index >= 15 is 0 Å². The molecular formula is C15H19NO3. The molecule has 0 bridgehead atoms. The minimum absolute atomic E-state index is 0.0962. The predicted octanol–water partition coefficient (Wildman–Crippen LogP) is 2.17. The molecule has 0 heterocycles.